The molecule has 0 aliphatic heterocycles. The van der Waals surface area contributed by atoms with E-state index in [4.69, 9.17) is 14.2 Å². The number of thioether (sulfide) groups is 1. The average molecular weight is 361 g/mol. The van der Waals surface area contributed by atoms with Gasteiger partial charge in [0.1, 0.15) is 5.75 Å². The van der Waals surface area contributed by atoms with E-state index >= 15 is 0 Å². The number of carbonyl (C=O) groups is 1. The third-order valence-corrected chi connectivity index (χ3v) is 4.74. The van der Waals surface area contributed by atoms with Crippen LogP contribution in [0.25, 0.3) is 0 Å². The van der Waals surface area contributed by atoms with Crippen molar-refractivity contribution in [1.82, 2.24) is 0 Å². The summed E-state index contributed by atoms with van der Waals surface area (Å²) in [4.78, 5) is 13.5. The lowest BCUT2D eigenvalue weighted by Crippen LogP contribution is -2.22. The van der Waals surface area contributed by atoms with Crippen molar-refractivity contribution in [3.63, 3.8) is 0 Å². The van der Waals surface area contributed by atoms with Crippen molar-refractivity contribution in [2.45, 2.75) is 24.0 Å². The van der Waals surface area contributed by atoms with Crippen LogP contribution in [0.3, 0.4) is 0 Å². The topological polar surface area (TPSA) is 56.8 Å². The number of aryl methyl sites for hydroxylation is 1. The average Bonchev–Trinajstić information content (AvgIpc) is 2.61. The fourth-order valence-corrected chi connectivity index (χ4v) is 3.20. The molecule has 0 aromatic heterocycles. The number of hydrogen-bond donors (Lipinski definition) is 1. The Bertz CT molecular complexity index is 748. The van der Waals surface area contributed by atoms with E-state index < -0.39 is 0 Å². The largest absolute Gasteiger partial charge is 0.495 e. The zero-order chi connectivity index (χ0) is 18.4. The van der Waals surface area contributed by atoms with E-state index in [-0.39, 0.29) is 11.2 Å². The first-order valence-electron chi connectivity index (χ1n) is 7.82. The van der Waals surface area contributed by atoms with Gasteiger partial charge in [-0.3, -0.25) is 4.79 Å². The molecule has 0 aliphatic carbocycles. The molecule has 2 rings (SSSR count). The molecule has 1 N–H and O–H groups in total. The highest BCUT2D eigenvalue weighted by Crippen LogP contribution is 2.34. The van der Waals surface area contributed by atoms with Crippen molar-refractivity contribution in [3.05, 3.63) is 42.0 Å². The van der Waals surface area contributed by atoms with Crippen molar-refractivity contribution in [3.8, 4) is 17.2 Å². The quantitative estimate of drug-likeness (QED) is 0.751. The van der Waals surface area contributed by atoms with Gasteiger partial charge in [-0.15, -0.1) is 11.8 Å². The minimum absolute atomic E-state index is 0.0938. The molecule has 0 radical (unpaired) electrons. The molecule has 5 nitrogen and oxygen atoms in total. The van der Waals surface area contributed by atoms with Crippen LogP contribution in [0.4, 0.5) is 5.69 Å². The normalized spacial score (nSPS) is 11.6. The maximum atomic E-state index is 12.5. The highest BCUT2D eigenvalue weighted by molar-refractivity contribution is 8.00. The molecule has 2 aromatic carbocycles. The van der Waals surface area contributed by atoms with Crippen LogP contribution in [0, 0.1) is 6.92 Å². The maximum Gasteiger partial charge on any atom is 0.237 e. The van der Waals surface area contributed by atoms with Crippen LogP contribution in [0.2, 0.25) is 0 Å². The monoisotopic (exact) mass is 361 g/mol. The van der Waals surface area contributed by atoms with E-state index in [2.05, 4.69) is 5.32 Å². The number of benzene rings is 2. The van der Waals surface area contributed by atoms with Crippen LogP contribution < -0.4 is 19.5 Å². The molecule has 0 saturated carbocycles. The molecule has 0 spiro atoms. The summed E-state index contributed by atoms with van der Waals surface area (Å²) in [5.74, 6) is 1.85. The fourth-order valence-electron chi connectivity index (χ4n) is 2.30. The lowest BCUT2D eigenvalue weighted by molar-refractivity contribution is -0.115. The van der Waals surface area contributed by atoms with Crippen LogP contribution in [-0.2, 0) is 4.79 Å². The molecule has 0 saturated heterocycles. The lowest BCUT2D eigenvalue weighted by Gasteiger charge is -2.15. The first kappa shape index (κ1) is 19.0. The van der Waals surface area contributed by atoms with E-state index in [1.54, 1.807) is 21.3 Å². The number of rotatable bonds is 7. The summed E-state index contributed by atoms with van der Waals surface area (Å²) < 4.78 is 15.8. The second-order valence-electron chi connectivity index (χ2n) is 5.47. The number of hydrogen-bond acceptors (Lipinski definition) is 5. The van der Waals surface area contributed by atoms with Gasteiger partial charge in [-0.1, -0.05) is 6.07 Å². The van der Waals surface area contributed by atoms with Crippen molar-refractivity contribution >= 4 is 23.4 Å². The zero-order valence-corrected chi connectivity index (χ0v) is 15.9. The van der Waals surface area contributed by atoms with Crippen LogP contribution in [0.5, 0.6) is 17.2 Å². The highest BCUT2D eigenvalue weighted by Gasteiger charge is 2.17. The standard InChI is InChI=1S/C19H23NO4S/c1-12-6-8-16(22-3)15(10-12)20-19(21)13(2)25-14-7-9-17(23-4)18(11-14)24-5/h6-11,13H,1-5H3,(H,20,21)/t13-/m1/s1. The predicted octanol–water partition coefficient (Wildman–Crippen LogP) is 4.14. The van der Waals surface area contributed by atoms with Crippen molar-refractivity contribution in [2.24, 2.45) is 0 Å². The smallest absolute Gasteiger partial charge is 0.237 e. The van der Waals surface area contributed by atoms with Gasteiger partial charge in [0.2, 0.25) is 5.91 Å². The SMILES string of the molecule is COc1ccc(C)cc1NC(=O)[C@@H](C)Sc1ccc(OC)c(OC)c1. The third kappa shape index (κ3) is 4.82. The van der Waals surface area contributed by atoms with Gasteiger partial charge in [0.25, 0.3) is 0 Å². The molecule has 2 aromatic rings. The molecule has 1 amide bonds. The number of ether oxygens (including phenoxy) is 3. The van der Waals surface area contributed by atoms with Gasteiger partial charge >= 0.3 is 0 Å². The Morgan fingerprint density at radius 3 is 2.24 bits per heavy atom. The van der Waals surface area contributed by atoms with Crippen LogP contribution >= 0.6 is 11.8 Å². The minimum atomic E-state index is -0.289. The van der Waals surface area contributed by atoms with Crippen molar-refractivity contribution in [1.29, 1.82) is 0 Å². The molecule has 0 aliphatic rings. The van der Waals surface area contributed by atoms with Gasteiger partial charge in [-0.2, -0.15) is 0 Å². The Morgan fingerprint density at radius 1 is 0.960 bits per heavy atom. The number of nitrogens with one attached hydrogen (secondary N) is 1. The van der Waals surface area contributed by atoms with Crippen LogP contribution in [0.1, 0.15) is 12.5 Å². The Kier molecular flexibility index (Phi) is 6.58. The molecule has 134 valence electrons. The van der Waals surface area contributed by atoms with Gasteiger partial charge < -0.3 is 19.5 Å². The molecular formula is C19H23NO4S. The summed E-state index contributed by atoms with van der Waals surface area (Å²) in [5.41, 5.74) is 1.73. The minimum Gasteiger partial charge on any atom is -0.495 e. The summed E-state index contributed by atoms with van der Waals surface area (Å²) >= 11 is 1.45. The summed E-state index contributed by atoms with van der Waals surface area (Å²) in [6.07, 6.45) is 0. The Morgan fingerprint density at radius 2 is 1.60 bits per heavy atom. The van der Waals surface area contributed by atoms with Gasteiger partial charge in [0, 0.05) is 4.90 Å². The molecule has 0 heterocycles. The molecule has 6 heteroatoms. The predicted molar refractivity (Wildman–Crippen MR) is 101 cm³/mol. The second kappa shape index (κ2) is 8.67. The third-order valence-electron chi connectivity index (χ3n) is 3.65. The molecule has 1 atom stereocenters. The van der Waals surface area contributed by atoms with Gasteiger partial charge in [0.05, 0.1) is 32.3 Å². The summed E-state index contributed by atoms with van der Waals surface area (Å²) in [5, 5.41) is 2.64. The fraction of sp³-hybridized carbons (Fsp3) is 0.316. The first-order chi connectivity index (χ1) is 12.0. The number of anilines is 1. The summed E-state index contributed by atoms with van der Waals surface area (Å²) in [7, 11) is 4.77. The van der Waals surface area contributed by atoms with E-state index in [0.29, 0.717) is 22.9 Å². The molecule has 25 heavy (non-hydrogen) atoms. The summed E-state index contributed by atoms with van der Waals surface area (Å²) in [6, 6.07) is 11.3. The Labute approximate surface area is 152 Å². The van der Waals surface area contributed by atoms with E-state index in [1.165, 1.54) is 11.8 Å². The zero-order valence-electron chi connectivity index (χ0n) is 15.1. The molecule has 0 unspecified atom stereocenters. The van der Waals surface area contributed by atoms with Crippen LogP contribution in [0.15, 0.2) is 41.3 Å². The number of amides is 1. The molecular weight excluding hydrogens is 338 g/mol. The van der Waals surface area contributed by atoms with Crippen molar-refractivity contribution in [2.75, 3.05) is 26.6 Å². The van der Waals surface area contributed by atoms with Gasteiger partial charge in [-0.25, -0.2) is 0 Å². The lowest BCUT2D eigenvalue weighted by atomic mass is 10.2. The van der Waals surface area contributed by atoms with Crippen molar-refractivity contribution < 1.29 is 19.0 Å². The second-order valence-corrected chi connectivity index (χ2v) is 6.88. The highest BCUT2D eigenvalue weighted by atomic mass is 32.2. The first-order valence-corrected chi connectivity index (χ1v) is 8.70. The van der Waals surface area contributed by atoms with Gasteiger partial charge in [0.15, 0.2) is 11.5 Å². The maximum absolute atomic E-state index is 12.5. The number of methoxy groups -OCH3 is 3. The van der Waals surface area contributed by atoms with E-state index in [9.17, 15) is 4.79 Å². The van der Waals surface area contributed by atoms with E-state index in [1.807, 2.05) is 50.2 Å². The molecule has 0 bridgehead atoms. The van der Waals surface area contributed by atoms with Crippen LogP contribution in [-0.4, -0.2) is 32.5 Å². The van der Waals surface area contributed by atoms with Gasteiger partial charge in [-0.05, 0) is 49.7 Å². The summed E-state index contributed by atoms with van der Waals surface area (Å²) in [6.45, 7) is 3.83. The Hall–Kier alpha value is -2.34. The number of carbonyl (C=O) groups excluding carboxylic acids is 1. The molecule has 0 fully saturated rings. The van der Waals surface area contributed by atoms with E-state index in [0.717, 1.165) is 10.5 Å². The Balaban J connectivity index is 2.09.